The van der Waals surface area contributed by atoms with Crippen LogP contribution in [0.5, 0.6) is 11.5 Å². The first-order chi connectivity index (χ1) is 19.2. The van der Waals surface area contributed by atoms with Gasteiger partial charge in [-0.1, -0.05) is 84.1 Å². The molecule has 2 heterocycles. The minimum atomic E-state index is -0.294. The lowest BCUT2D eigenvalue weighted by Gasteiger charge is -2.31. The maximum Gasteiger partial charge on any atom is 0.271 e. The Balaban J connectivity index is 1.54. The monoisotopic (exact) mass is 530 g/mol. The van der Waals surface area contributed by atoms with Crippen LogP contribution in [-0.4, -0.2) is 18.8 Å². The molecule has 0 fully saturated rings. The predicted molar refractivity (Wildman–Crippen MR) is 156 cm³/mol. The van der Waals surface area contributed by atoms with E-state index in [-0.39, 0.29) is 11.6 Å². The van der Waals surface area contributed by atoms with E-state index in [0.29, 0.717) is 9.33 Å². The first kappa shape index (κ1) is 23.7. The Labute approximate surface area is 229 Å². The molecule has 0 radical (unpaired) electrons. The molecule has 0 amide bonds. The van der Waals surface area contributed by atoms with Crippen molar-refractivity contribution in [3.63, 3.8) is 0 Å². The summed E-state index contributed by atoms with van der Waals surface area (Å²) < 4.78 is 14.0. The highest BCUT2D eigenvalue weighted by atomic mass is 32.1. The fraction of sp³-hybridized carbons (Fsp3) is 0.152. The van der Waals surface area contributed by atoms with E-state index in [1.165, 1.54) is 16.9 Å². The molecule has 1 atom stereocenters. The molecule has 5 nitrogen and oxygen atoms in total. The molecular formula is C33H26N2O3S. The smallest absolute Gasteiger partial charge is 0.271 e. The number of fused-ring (bicyclic) bond motifs is 4. The third kappa shape index (κ3) is 3.74. The zero-order valence-electron chi connectivity index (χ0n) is 21.7. The van der Waals surface area contributed by atoms with E-state index in [1.807, 2.05) is 53.1 Å². The van der Waals surface area contributed by atoms with E-state index in [4.69, 9.17) is 14.5 Å². The summed E-state index contributed by atoms with van der Waals surface area (Å²) in [5.41, 5.74) is 6.37. The molecule has 4 aromatic carbocycles. The van der Waals surface area contributed by atoms with E-state index in [2.05, 4.69) is 42.5 Å². The van der Waals surface area contributed by atoms with Gasteiger partial charge >= 0.3 is 0 Å². The first-order valence-corrected chi connectivity index (χ1v) is 13.8. The second-order valence-corrected chi connectivity index (χ2v) is 10.8. The fourth-order valence-electron chi connectivity index (χ4n) is 5.92. The van der Waals surface area contributed by atoms with Gasteiger partial charge in [-0.2, -0.15) is 0 Å². The molecule has 0 bridgehead atoms. The maximum absolute atomic E-state index is 14.2. The van der Waals surface area contributed by atoms with Crippen LogP contribution in [0.1, 0.15) is 34.7 Å². The van der Waals surface area contributed by atoms with Crippen molar-refractivity contribution in [1.82, 2.24) is 4.57 Å². The van der Waals surface area contributed by atoms with Gasteiger partial charge in [0.25, 0.3) is 5.56 Å². The molecule has 0 unspecified atom stereocenters. The Kier molecular flexibility index (Phi) is 5.71. The molecule has 192 valence electrons. The van der Waals surface area contributed by atoms with Crippen molar-refractivity contribution >= 4 is 33.9 Å². The van der Waals surface area contributed by atoms with E-state index in [9.17, 15) is 4.79 Å². The summed E-state index contributed by atoms with van der Waals surface area (Å²) in [6.07, 6.45) is 3.70. The van der Waals surface area contributed by atoms with Crippen LogP contribution in [0.2, 0.25) is 0 Å². The minimum absolute atomic E-state index is 0.0601. The predicted octanol–water partition coefficient (Wildman–Crippen LogP) is 5.49. The van der Waals surface area contributed by atoms with Gasteiger partial charge in [-0.3, -0.25) is 9.36 Å². The zero-order chi connectivity index (χ0) is 26.5. The van der Waals surface area contributed by atoms with Gasteiger partial charge in [0.1, 0.15) is 11.5 Å². The first-order valence-electron chi connectivity index (χ1n) is 13.0. The Bertz CT molecular complexity index is 1980. The standard InChI is InChI=1S/C33H26N2O3S/c1-37-27-14-8-7-13-24(27)31-25-17-15-21-10-4-6-12-23(21)30(25)34-33-35(31)32(36)29(39-33)19-26-22-11-5-3-9-20(22)16-18-28(26)38-2/h3-14,16,18-19,31H,15,17H2,1-2H3/b29-19-/t31-/m0/s1. The number of hydrogen-bond acceptors (Lipinski definition) is 5. The molecular weight excluding hydrogens is 504 g/mol. The molecule has 5 aromatic rings. The highest BCUT2D eigenvalue weighted by molar-refractivity contribution is 7.07. The van der Waals surface area contributed by atoms with Crippen molar-refractivity contribution in [3.05, 3.63) is 132 Å². The van der Waals surface area contributed by atoms with Gasteiger partial charge in [0, 0.05) is 16.7 Å². The molecule has 1 aliphatic carbocycles. The molecule has 0 spiro atoms. The van der Waals surface area contributed by atoms with Crippen LogP contribution in [0.4, 0.5) is 0 Å². The number of hydrogen-bond donors (Lipinski definition) is 0. The number of allylic oxidation sites excluding steroid dienone is 1. The quantitative estimate of drug-likeness (QED) is 0.309. The molecule has 39 heavy (non-hydrogen) atoms. The Hall–Kier alpha value is -4.42. The van der Waals surface area contributed by atoms with E-state index in [0.717, 1.165) is 63.1 Å². The fourth-order valence-corrected chi connectivity index (χ4v) is 6.91. The van der Waals surface area contributed by atoms with Crippen molar-refractivity contribution in [2.24, 2.45) is 4.99 Å². The number of rotatable bonds is 4. The number of aryl methyl sites for hydroxylation is 1. The minimum Gasteiger partial charge on any atom is -0.496 e. The summed E-state index contributed by atoms with van der Waals surface area (Å²) in [5, 5.41) is 2.13. The third-order valence-corrected chi connectivity index (χ3v) is 8.72. The number of nitrogens with zero attached hydrogens (tertiary/aromatic N) is 2. The van der Waals surface area contributed by atoms with Crippen molar-refractivity contribution in [1.29, 1.82) is 0 Å². The van der Waals surface area contributed by atoms with Gasteiger partial charge in [-0.05, 0) is 53.0 Å². The van der Waals surface area contributed by atoms with Crippen molar-refractivity contribution in [2.75, 3.05) is 14.2 Å². The summed E-state index contributed by atoms with van der Waals surface area (Å²) in [5.74, 6) is 1.49. The van der Waals surface area contributed by atoms with Gasteiger partial charge in [0.2, 0.25) is 0 Å². The average molecular weight is 531 g/mol. The van der Waals surface area contributed by atoms with Crippen LogP contribution in [0.25, 0.3) is 22.5 Å². The molecule has 0 N–H and O–H groups in total. The van der Waals surface area contributed by atoms with Crippen molar-refractivity contribution in [2.45, 2.75) is 18.9 Å². The SMILES string of the molecule is COc1ccccc1[C@H]1C2=C(N=c3s/c(=C\c4c(OC)ccc5ccccc45)c(=O)n31)c1ccccc1CC2. The second-order valence-electron chi connectivity index (χ2n) is 9.76. The Morgan fingerprint density at radius 2 is 1.64 bits per heavy atom. The number of methoxy groups -OCH3 is 2. The number of aromatic nitrogens is 1. The zero-order valence-corrected chi connectivity index (χ0v) is 22.5. The van der Waals surface area contributed by atoms with Crippen LogP contribution in [0.3, 0.4) is 0 Å². The Morgan fingerprint density at radius 1 is 0.872 bits per heavy atom. The second kappa shape index (κ2) is 9.40. The largest absolute Gasteiger partial charge is 0.496 e. The van der Waals surface area contributed by atoms with Crippen molar-refractivity contribution < 1.29 is 9.47 Å². The highest BCUT2D eigenvalue weighted by Gasteiger charge is 2.34. The topological polar surface area (TPSA) is 52.8 Å². The number of benzene rings is 4. The van der Waals surface area contributed by atoms with Crippen LogP contribution in [-0.2, 0) is 6.42 Å². The van der Waals surface area contributed by atoms with Gasteiger partial charge < -0.3 is 9.47 Å². The van der Waals surface area contributed by atoms with Crippen LogP contribution in [0.15, 0.2) is 100 Å². The summed E-state index contributed by atoms with van der Waals surface area (Å²) in [6, 6.07) is 28.3. The lowest BCUT2D eigenvalue weighted by Crippen LogP contribution is -2.39. The van der Waals surface area contributed by atoms with E-state index in [1.54, 1.807) is 14.2 Å². The third-order valence-electron chi connectivity index (χ3n) is 7.73. The van der Waals surface area contributed by atoms with Crippen LogP contribution >= 0.6 is 11.3 Å². The molecule has 1 aliphatic heterocycles. The lowest BCUT2D eigenvalue weighted by atomic mass is 9.83. The summed E-state index contributed by atoms with van der Waals surface area (Å²) in [6.45, 7) is 0. The highest BCUT2D eigenvalue weighted by Crippen LogP contribution is 2.43. The molecule has 2 aliphatic rings. The van der Waals surface area contributed by atoms with Crippen molar-refractivity contribution in [3.8, 4) is 11.5 Å². The maximum atomic E-state index is 14.2. The number of thiazole rings is 1. The molecule has 0 saturated carbocycles. The molecule has 0 saturated heterocycles. The van der Waals surface area contributed by atoms with Gasteiger partial charge in [-0.15, -0.1) is 0 Å². The van der Waals surface area contributed by atoms with Gasteiger partial charge in [-0.25, -0.2) is 4.99 Å². The van der Waals surface area contributed by atoms with E-state index >= 15 is 0 Å². The summed E-state index contributed by atoms with van der Waals surface area (Å²) >= 11 is 1.42. The summed E-state index contributed by atoms with van der Waals surface area (Å²) in [7, 11) is 3.34. The van der Waals surface area contributed by atoms with Gasteiger partial charge in [0.05, 0.1) is 30.5 Å². The molecule has 1 aromatic heterocycles. The number of para-hydroxylation sites is 1. The van der Waals surface area contributed by atoms with Crippen LogP contribution < -0.4 is 24.4 Å². The molecule has 6 heteroatoms. The van der Waals surface area contributed by atoms with Crippen LogP contribution in [0, 0.1) is 0 Å². The summed E-state index contributed by atoms with van der Waals surface area (Å²) in [4.78, 5) is 20.1. The number of ether oxygens (including phenoxy) is 2. The van der Waals surface area contributed by atoms with E-state index < -0.39 is 0 Å². The Morgan fingerprint density at radius 3 is 2.51 bits per heavy atom. The normalized spacial score (nSPS) is 16.4. The average Bonchev–Trinajstić information content (AvgIpc) is 3.30. The lowest BCUT2D eigenvalue weighted by molar-refractivity contribution is 0.402. The van der Waals surface area contributed by atoms with Gasteiger partial charge in [0.15, 0.2) is 4.80 Å². The molecule has 7 rings (SSSR count).